The van der Waals surface area contributed by atoms with E-state index >= 15 is 0 Å². The number of halogens is 1. The highest BCUT2D eigenvalue weighted by atomic mass is 35.5. The van der Waals surface area contributed by atoms with Crippen molar-refractivity contribution >= 4 is 34.1 Å². The van der Waals surface area contributed by atoms with Gasteiger partial charge in [-0.05, 0) is 56.2 Å². The molecular formula is C21H19ClN2O3. The summed E-state index contributed by atoms with van der Waals surface area (Å²) in [7, 11) is 0. The Bertz CT molecular complexity index is 1150. The Morgan fingerprint density at radius 1 is 1.22 bits per heavy atom. The Morgan fingerprint density at radius 3 is 2.74 bits per heavy atom. The van der Waals surface area contributed by atoms with Gasteiger partial charge in [0.25, 0.3) is 5.91 Å². The number of benzene rings is 2. The molecule has 138 valence electrons. The fraction of sp³-hybridized carbons (Fsp3) is 0.238. The molecule has 0 fully saturated rings. The first-order valence-electron chi connectivity index (χ1n) is 8.76. The van der Waals surface area contributed by atoms with Gasteiger partial charge >= 0.3 is 0 Å². The summed E-state index contributed by atoms with van der Waals surface area (Å²) in [5.74, 6) is 0.154. The van der Waals surface area contributed by atoms with Gasteiger partial charge in [0.15, 0.2) is 0 Å². The number of carbonyl (C=O) groups is 1. The molecule has 0 saturated carbocycles. The second-order valence-corrected chi connectivity index (χ2v) is 7.38. The Morgan fingerprint density at radius 2 is 2.00 bits per heavy atom. The molecule has 0 unspecified atom stereocenters. The predicted molar refractivity (Wildman–Crippen MR) is 107 cm³/mol. The van der Waals surface area contributed by atoms with Crippen molar-refractivity contribution in [2.24, 2.45) is 0 Å². The number of nitrogens with one attached hydrogen (secondary N) is 1. The largest absolute Gasteiger partial charge is 0.487 e. The van der Waals surface area contributed by atoms with Crippen LogP contribution in [-0.2, 0) is 6.54 Å². The standard InChI is InChI=1S/C21H19ClN2O3/c1-11-4-5-14(8-12(11)2)23-21(26)15-10-24-9-13(3)27-17-7-6-16(22)18(19(17)24)20(15)25/h4-8,10,13H,9H2,1-3H3,(H,23,26)/t13-/m1/s1. The van der Waals surface area contributed by atoms with Crippen LogP contribution in [0.1, 0.15) is 28.4 Å². The molecule has 1 atom stereocenters. The van der Waals surface area contributed by atoms with Crippen molar-refractivity contribution in [1.82, 2.24) is 4.57 Å². The number of pyridine rings is 1. The van der Waals surface area contributed by atoms with E-state index in [4.69, 9.17) is 16.3 Å². The van der Waals surface area contributed by atoms with Crippen molar-refractivity contribution in [3.05, 3.63) is 68.5 Å². The van der Waals surface area contributed by atoms with Crippen LogP contribution in [0.15, 0.2) is 41.3 Å². The van der Waals surface area contributed by atoms with Crippen molar-refractivity contribution in [1.29, 1.82) is 0 Å². The van der Waals surface area contributed by atoms with Crippen LogP contribution in [0.5, 0.6) is 5.75 Å². The molecule has 1 aliphatic rings. The minimum Gasteiger partial charge on any atom is -0.487 e. The van der Waals surface area contributed by atoms with Gasteiger partial charge in [-0.15, -0.1) is 0 Å². The van der Waals surface area contributed by atoms with Gasteiger partial charge in [0.1, 0.15) is 17.4 Å². The highest BCUT2D eigenvalue weighted by molar-refractivity contribution is 6.35. The molecule has 4 rings (SSSR count). The van der Waals surface area contributed by atoms with Gasteiger partial charge in [-0.25, -0.2) is 0 Å². The Balaban J connectivity index is 1.84. The first-order chi connectivity index (χ1) is 12.8. The number of rotatable bonds is 2. The topological polar surface area (TPSA) is 60.3 Å². The van der Waals surface area contributed by atoms with Crippen molar-refractivity contribution in [3.63, 3.8) is 0 Å². The number of ether oxygens (including phenoxy) is 1. The first kappa shape index (κ1) is 17.6. The van der Waals surface area contributed by atoms with E-state index in [2.05, 4.69) is 5.32 Å². The van der Waals surface area contributed by atoms with Gasteiger partial charge in [-0.3, -0.25) is 9.59 Å². The van der Waals surface area contributed by atoms with E-state index < -0.39 is 11.3 Å². The molecule has 1 amide bonds. The van der Waals surface area contributed by atoms with Gasteiger partial charge in [0, 0.05) is 11.9 Å². The van der Waals surface area contributed by atoms with E-state index in [0.29, 0.717) is 33.9 Å². The van der Waals surface area contributed by atoms with E-state index in [-0.39, 0.29) is 11.7 Å². The predicted octanol–water partition coefficient (Wildman–Crippen LogP) is 4.30. The molecule has 1 aromatic heterocycles. The van der Waals surface area contributed by atoms with E-state index in [9.17, 15) is 9.59 Å². The Kier molecular flexibility index (Phi) is 4.19. The fourth-order valence-corrected chi connectivity index (χ4v) is 3.65. The van der Waals surface area contributed by atoms with Crippen LogP contribution in [0.3, 0.4) is 0 Å². The van der Waals surface area contributed by atoms with Crippen LogP contribution < -0.4 is 15.5 Å². The van der Waals surface area contributed by atoms with Crippen LogP contribution in [0.2, 0.25) is 5.02 Å². The number of hydrogen-bond donors (Lipinski definition) is 1. The minimum atomic E-state index is -0.450. The summed E-state index contributed by atoms with van der Waals surface area (Å²) < 4.78 is 7.69. The molecule has 1 aliphatic heterocycles. The Hall–Kier alpha value is -2.79. The third-order valence-electron chi connectivity index (χ3n) is 4.93. The van der Waals surface area contributed by atoms with Crippen molar-refractivity contribution in [2.45, 2.75) is 33.4 Å². The second kappa shape index (κ2) is 6.43. The van der Waals surface area contributed by atoms with E-state index in [1.54, 1.807) is 18.3 Å². The van der Waals surface area contributed by atoms with Crippen LogP contribution in [-0.4, -0.2) is 16.6 Å². The number of aromatic nitrogens is 1. The van der Waals surface area contributed by atoms with Gasteiger partial charge in [-0.2, -0.15) is 0 Å². The molecule has 1 N–H and O–H groups in total. The third-order valence-corrected chi connectivity index (χ3v) is 5.24. The van der Waals surface area contributed by atoms with E-state index in [1.165, 1.54) is 0 Å². The first-order valence-corrected chi connectivity index (χ1v) is 9.14. The summed E-state index contributed by atoms with van der Waals surface area (Å²) in [6.07, 6.45) is 1.53. The van der Waals surface area contributed by atoms with Crippen LogP contribution in [0.25, 0.3) is 10.9 Å². The maximum atomic E-state index is 13.0. The number of amides is 1. The lowest BCUT2D eigenvalue weighted by Gasteiger charge is -2.26. The maximum Gasteiger partial charge on any atom is 0.261 e. The van der Waals surface area contributed by atoms with Crippen LogP contribution in [0, 0.1) is 13.8 Å². The average molecular weight is 383 g/mol. The smallest absolute Gasteiger partial charge is 0.261 e. The molecule has 0 bridgehead atoms. The Labute approximate surface area is 161 Å². The van der Waals surface area contributed by atoms with Gasteiger partial charge < -0.3 is 14.6 Å². The van der Waals surface area contributed by atoms with E-state index in [1.807, 2.05) is 43.5 Å². The van der Waals surface area contributed by atoms with Crippen molar-refractivity contribution in [3.8, 4) is 5.75 Å². The lowest BCUT2D eigenvalue weighted by molar-refractivity contribution is 0.102. The van der Waals surface area contributed by atoms with Crippen molar-refractivity contribution < 1.29 is 9.53 Å². The van der Waals surface area contributed by atoms with Crippen LogP contribution >= 0.6 is 11.6 Å². The quantitative estimate of drug-likeness (QED) is 0.718. The molecule has 0 spiro atoms. The van der Waals surface area contributed by atoms with E-state index in [0.717, 1.165) is 11.1 Å². The molecule has 0 radical (unpaired) electrons. The molecule has 5 nitrogen and oxygen atoms in total. The SMILES string of the molecule is Cc1ccc(NC(=O)c2cn3c4c(ccc(Cl)c4c2=O)O[C@H](C)C3)cc1C. The number of hydrogen-bond acceptors (Lipinski definition) is 3. The monoisotopic (exact) mass is 382 g/mol. The van der Waals surface area contributed by atoms with Gasteiger partial charge in [-0.1, -0.05) is 17.7 Å². The number of anilines is 1. The van der Waals surface area contributed by atoms with Gasteiger partial charge in [0.2, 0.25) is 5.43 Å². The minimum absolute atomic E-state index is 0.0638. The molecule has 3 aromatic rings. The summed E-state index contributed by atoms with van der Waals surface area (Å²) in [5, 5.41) is 3.45. The zero-order chi connectivity index (χ0) is 19.3. The zero-order valence-corrected chi connectivity index (χ0v) is 16.1. The highest BCUT2D eigenvalue weighted by Crippen LogP contribution is 2.33. The number of aryl methyl sites for hydroxylation is 2. The zero-order valence-electron chi connectivity index (χ0n) is 15.3. The maximum absolute atomic E-state index is 13.0. The third kappa shape index (κ3) is 2.98. The fourth-order valence-electron chi connectivity index (χ4n) is 3.41. The summed E-state index contributed by atoms with van der Waals surface area (Å²) in [5.41, 5.74) is 3.15. The van der Waals surface area contributed by atoms with Gasteiger partial charge in [0.05, 0.1) is 22.5 Å². The number of nitrogens with zero attached hydrogens (tertiary/aromatic N) is 1. The molecule has 0 saturated heterocycles. The number of carbonyl (C=O) groups excluding carboxylic acids is 1. The summed E-state index contributed by atoms with van der Waals surface area (Å²) >= 11 is 6.30. The molecule has 27 heavy (non-hydrogen) atoms. The summed E-state index contributed by atoms with van der Waals surface area (Å²) in [4.78, 5) is 25.9. The highest BCUT2D eigenvalue weighted by Gasteiger charge is 2.24. The molecule has 2 aromatic carbocycles. The lowest BCUT2D eigenvalue weighted by atomic mass is 10.1. The summed E-state index contributed by atoms with van der Waals surface area (Å²) in [6.45, 7) is 6.46. The average Bonchev–Trinajstić information content (AvgIpc) is 2.62. The lowest BCUT2D eigenvalue weighted by Crippen LogP contribution is -2.30. The molecular weight excluding hydrogens is 364 g/mol. The molecule has 0 aliphatic carbocycles. The second-order valence-electron chi connectivity index (χ2n) is 6.98. The van der Waals surface area contributed by atoms with Crippen LogP contribution in [0.4, 0.5) is 5.69 Å². The molecule has 6 heteroatoms. The normalized spacial score (nSPS) is 15.5. The molecule has 2 heterocycles. The summed E-state index contributed by atoms with van der Waals surface area (Å²) in [6, 6.07) is 9.03. The van der Waals surface area contributed by atoms with Crippen molar-refractivity contribution in [2.75, 3.05) is 5.32 Å².